The monoisotopic (exact) mass is 571 g/mol. The molecule has 1 aliphatic rings. The maximum atomic E-state index is 10.9. The van der Waals surface area contributed by atoms with Gasteiger partial charge in [-0.25, -0.2) is 4.99 Å². The Morgan fingerprint density at radius 1 is 1.21 bits per heavy atom. The number of nitro groups is 1. The summed E-state index contributed by atoms with van der Waals surface area (Å²) < 4.78 is 10.9. The largest absolute Gasteiger partial charge is 0.468 e. The highest BCUT2D eigenvalue weighted by Gasteiger charge is 2.24. The fraction of sp³-hybridized carbons (Fsp3) is 0.522. The molecule has 0 saturated carbocycles. The predicted octanol–water partition coefficient (Wildman–Crippen LogP) is 4.10. The van der Waals surface area contributed by atoms with Gasteiger partial charge in [0.2, 0.25) is 0 Å². The number of nitrogens with one attached hydrogen (secondary N) is 2. The molecule has 1 aliphatic heterocycles. The number of furan rings is 1. The normalized spacial score (nSPS) is 15.5. The van der Waals surface area contributed by atoms with E-state index >= 15 is 0 Å². The molecule has 182 valence electrons. The Morgan fingerprint density at radius 2 is 1.97 bits per heavy atom. The van der Waals surface area contributed by atoms with Crippen LogP contribution in [0.2, 0.25) is 0 Å². The lowest BCUT2D eigenvalue weighted by Crippen LogP contribution is -2.44. The van der Waals surface area contributed by atoms with E-state index < -0.39 is 4.92 Å². The summed E-state index contributed by atoms with van der Waals surface area (Å²) in [6.45, 7) is 4.62. The molecule has 1 unspecified atom stereocenters. The molecule has 9 nitrogen and oxygen atoms in total. The number of methoxy groups -OCH3 is 1. The maximum absolute atomic E-state index is 10.9. The molecule has 2 aromatic rings. The van der Waals surface area contributed by atoms with E-state index in [2.05, 4.69) is 15.5 Å². The molecular formula is C23H34IN5O4. The van der Waals surface area contributed by atoms with Crippen LogP contribution in [-0.4, -0.2) is 55.7 Å². The quantitative estimate of drug-likeness (QED) is 0.105. The van der Waals surface area contributed by atoms with E-state index in [-0.39, 0.29) is 35.7 Å². The second-order valence-corrected chi connectivity index (χ2v) is 7.87. The number of non-ortho nitro benzene ring substituents is 1. The lowest BCUT2D eigenvalue weighted by Gasteiger charge is -2.33. The zero-order valence-electron chi connectivity index (χ0n) is 19.1. The minimum absolute atomic E-state index is 0. The Bertz CT molecular complexity index is 839. The third-order valence-electron chi connectivity index (χ3n) is 5.55. The predicted molar refractivity (Wildman–Crippen MR) is 139 cm³/mol. The summed E-state index contributed by atoms with van der Waals surface area (Å²) in [5.74, 6) is 1.65. The molecule has 1 fully saturated rings. The number of guanidine groups is 1. The number of hydrogen-bond donors (Lipinski definition) is 2. The molecule has 1 aromatic heterocycles. The summed E-state index contributed by atoms with van der Waals surface area (Å²) in [5.41, 5.74) is 0.990. The van der Waals surface area contributed by atoms with Crippen molar-refractivity contribution in [2.75, 3.05) is 39.9 Å². The highest BCUT2D eigenvalue weighted by atomic mass is 127. The van der Waals surface area contributed by atoms with Crippen LogP contribution in [0.25, 0.3) is 0 Å². The molecule has 1 aromatic carbocycles. The number of ether oxygens (including phenoxy) is 1. The number of halogens is 1. The zero-order valence-corrected chi connectivity index (χ0v) is 21.4. The first kappa shape index (κ1) is 27.1. The lowest BCUT2D eigenvalue weighted by atomic mass is 10.1. The van der Waals surface area contributed by atoms with Crippen LogP contribution >= 0.6 is 24.0 Å². The van der Waals surface area contributed by atoms with Gasteiger partial charge in [0.15, 0.2) is 5.96 Å². The molecule has 1 atom stereocenters. The molecule has 0 aliphatic carbocycles. The van der Waals surface area contributed by atoms with Crippen molar-refractivity contribution in [3.63, 3.8) is 0 Å². The minimum Gasteiger partial charge on any atom is -0.468 e. The second-order valence-electron chi connectivity index (χ2n) is 7.87. The SMILES string of the molecule is COCCCNC(=NCc1ccc([N+](=O)[O-])cc1)NCC(c1ccco1)N1CCCCC1.I. The van der Waals surface area contributed by atoms with Gasteiger partial charge in [0, 0.05) is 38.9 Å². The van der Waals surface area contributed by atoms with E-state index in [1.165, 1.54) is 31.4 Å². The molecule has 2 heterocycles. The first-order chi connectivity index (χ1) is 15.7. The minimum atomic E-state index is -0.396. The third kappa shape index (κ3) is 8.94. The van der Waals surface area contributed by atoms with Crippen molar-refractivity contribution in [3.8, 4) is 0 Å². The summed E-state index contributed by atoms with van der Waals surface area (Å²) in [5, 5.41) is 17.7. The smallest absolute Gasteiger partial charge is 0.269 e. The van der Waals surface area contributed by atoms with Crippen molar-refractivity contribution >= 4 is 35.6 Å². The number of likely N-dealkylation sites (tertiary alicyclic amines) is 1. The van der Waals surface area contributed by atoms with E-state index in [0.29, 0.717) is 25.7 Å². The molecule has 10 heteroatoms. The van der Waals surface area contributed by atoms with Gasteiger partial charge < -0.3 is 19.8 Å². The van der Waals surface area contributed by atoms with Crippen LogP contribution in [0.1, 0.15) is 43.0 Å². The first-order valence-corrected chi connectivity index (χ1v) is 11.2. The van der Waals surface area contributed by atoms with E-state index in [1.54, 1.807) is 25.5 Å². The van der Waals surface area contributed by atoms with E-state index in [4.69, 9.17) is 14.1 Å². The summed E-state index contributed by atoms with van der Waals surface area (Å²) in [4.78, 5) is 17.6. The first-order valence-electron chi connectivity index (χ1n) is 11.2. The standard InChI is InChI=1S/C23H33N5O4.HI/c1-31-15-6-12-24-23(25-17-19-8-10-20(11-9-19)28(29)30)26-18-21(22-7-5-16-32-22)27-13-3-2-4-14-27;/h5,7-11,16,21H,2-4,6,12-15,17-18H2,1H3,(H2,24,25,26);1H. The molecule has 3 rings (SSSR count). The fourth-order valence-electron chi connectivity index (χ4n) is 3.80. The Kier molecular flexibility index (Phi) is 12.2. The second kappa shape index (κ2) is 14.9. The number of benzene rings is 1. The maximum Gasteiger partial charge on any atom is 0.269 e. The van der Waals surface area contributed by atoms with Crippen LogP contribution in [0, 0.1) is 10.1 Å². The van der Waals surface area contributed by atoms with Crippen molar-refractivity contribution in [2.24, 2.45) is 4.99 Å². The summed E-state index contributed by atoms with van der Waals surface area (Å²) in [6.07, 6.45) is 6.26. The summed E-state index contributed by atoms with van der Waals surface area (Å²) in [7, 11) is 1.69. The topological polar surface area (TPSA) is 105 Å². The number of nitro benzene ring substituents is 1. The Balaban J connectivity index is 0.00000385. The highest BCUT2D eigenvalue weighted by molar-refractivity contribution is 14.0. The summed E-state index contributed by atoms with van der Waals surface area (Å²) >= 11 is 0. The summed E-state index contributed by atoms with van der Waals surface area (Å²) in [6, 6.07) is 10.6. The van der Waals surface area contributed by atoms with Gasteiger partial charge in [0.05, 0.1) is 23.8 Å². The third-order valence-corrected chi connectivity index (χ3v) is 5.55. The molecule has 0 amide bonds. The van der Waals surface area contributed by atoms with Crippen LogP contribution in [0.5, 0.6) is 0 Å². The van der Waals surface area contributed by atoms with Gasteiger partial charge in [0.1, 0.15) is 5.76 Å². The van der Waals surface area contributed by atoms with Crippen molar-refractivity contribution in [1.82, 2.24) is 15.5 Å². The average Bonchev–Trinajstić information content (AvgIpc) is 3.35. The van der Waals surface area contributed by atoms with Gasteiger partial charge in [-0.3, -0.25) is 15.0 Å². The van der Waals surface area contributed by atoms with Crippen LogP contribution < -0.4 is 10.6 Å². The van der Waals surface area contributed by atoms with Crippen LogP contribution in [0.3, 0.4) is 0 Å². The van der Waals surface area contributed by atoms with E-state index in [0.717, 1.165) is 37.4 Å². The molecule has 33 heavy (non-hydrogen) atoms. The molecular weight excluding hydrogens is 537 g/mol. The van der Waals surface area contributed by atoms with E-state index in [1.807, 2.05) is 12.1 Å². The molecule has 1 saturated heterocycles. The fourth-order valence-corrected chi connectivity index (χ4v) is 3.80. The van der Waals surface area contributed by atoms with Crippen LogP contribution in [-0.2, 0) is 11.3 Å². The van der Waals surface area contributed by atoms with E-state index in [9.17, 15) is 10.1 Å². The van der Waals surface area contributed by atoms with Gasteiger partial charge >= 0.3 is 0 Å². The highest BCUT2D eigenvalue weighted by Crippen LogP contribution is 2.24. The lowest BCUT2D eigenvalue weighted by molar-refractivity contribution is -0.384. The zero-order chi connectivity index (χ0) is 22.6. The number of aliphatic imine (C=N–C) groups is 1. The Labute approximate surface area is 212 Å². The number of rotatable bonds is 11. The van der Waals surface area contributed by atoms with Gasteiger partial charge in [0.25, 0.3) is 5.69 Å². The van der Waals surface area contributed by atoms with Gasteiger partial charge in [-0.2, -0.15) is 0 Å². The average molecular weight is 571 g/mol. The Hall–Kier alpha value is -2.18. The van der Waals surface area contributed by atoms with Crippen LogP contribution in [0.15, 0.2) is 52.1 Å². The van der Waals surface area contributed by atoms with Crippen LogP contribution in [0.4, 0.5) is 5.69 Å². The molecule has 0 spiro atoms. The molecule has 0 radical (unpaired) electrons. The van der Waals surface area contributed by atoms with Gasteiger partial charge in [-0.1, -0.05) is 18.6 Å². The Morgan fingerprint density at radius 3 is 2.61 bits per heavy atom. The number of nitrogens with zero attached hydrogens (tertiary/aromatic N) is 3. The number of piperidine rings is 1. The van der Waals surface area contributed by atoms with Gasteiger partial charge in [-0.05, 0) is 50.0 Å². The van der Waals surface area contributed by atoms with Crippen molar-refractivity contribution < 1.29 is 14.1 Å². The van der Waals surface area contributed by atoms with Crippen molar-refractivity contribution in [2.45, 2.75) is 38.3 Å². The van der Waals surface area contributed by atoms with Gasteiger partial charge in [-0.15, -0.1) is 24.0 Å². The molecule has 2 N–H and O–H groups in total. The van der Waals surface area contributed by atoms with Crippen molar-refractivity contribution in [1.29, 1.82) is 0 Å². The van der Waals surface area contributed by atoms with Crippen molar-refractivity contribution in [3.05, 3.63) is 64.1 Å². The molecule has 0 bridgehead atoms. The number of hydrogen-bond acceptors (Lipinski definition) is 6.